The van der Waals surface area contributed by atoms with Gasteiger partial charge in [0, 0.05) is 35.4 Å². The number of sulfonamides is 1. The molecule has 1 aliphatic heterocycles. The number of amides is 1. The number of nitrogens with zero attached hydrogens (tertiary/aromatic N) is 3. The molecule has 0 spiro atoms. The van der Waals surface area contributed by atoms with Gasteiger partial charge in [-0.05, 0) is 98.2 Å². The molecule has 3 aromatic carbocycles. The van der Waals surface area contributed by atoms with Crippen molar-refractivity contribution in [3.05, 3.63) is 107 Å². The number of piperidine rings is 1. The van der Waals surface area contributed by atoms with E-state index in [1.165, 1.54) is 45.3 Å². The van der Waals surface area contributed by atoms with Crippen molar-refractivity contribution in [2.45, 2.75) is 23.8 Å². The molecule has 0 saturated carbocycles. The first-order valence-electron chi connectivity index (χ1n) is 14.4. The lowest BCUT2D eigenvalue weighted by atomic mass is 10.1. The fourth-order valence-electron chi connectivity index (χ4n) is 5.44. The number of nitrogens with one attached hydrogen (secondary N) is 2. The van der Waals surface area contributed by atoms with Crippen molar-refractivity contribution in [3.8, 4) is 22.7 Å². The zero-order valence-electron chi connectivity index (χ0n) is 24.1. The van der Waals surface area contributed by atoms with Gasteiger partial charge in [-0.1, -0.05) is 12.1 Å². The summed E-state index contributed by atoms with van der Waals surface area (Å²) in [5.41, 5.74) is 7.41. The van der Waals surface area contributed by atoms with E-state index in [9.17, 15) is 22.4 Å². The largest absolute Gasteiger partial charge is 0.492 e. The molecule has 0 atom stereocenters. The fourth-order valence-corrected chi connectivity index (χ4v) is 7.11. The van der Waals surface area contributed by atoms with Crippen LogP contribution < -0.4 is 21.5 Å². The van der Waals surface area contributed by atoms with Gasteiger partial charge in [-0.2, -0.15) is 9.29 Å². The predicted molar refractivity (Wildman–Crippen MR) is 167 cm³/mol. The Bertz CT molecular complexity index is 1990. The molecule has 232 valence electrons. The summed E-state index contributed by atoms with van der Waals surface area (Å²) >= 11 is 0. The standard InChI is InChI=1S/C32H31FN6O5S/c33-24-5-9-27(10-6-24)44-18-17-39(26-13-15-35-16-14-26)45(42,43)28-11-3-21(4-12-28)29-19-23-20-38(32(41)37-31(23)36-29)25-7-1-22(2-8-25)30(34)40/h1-12,19-20,26,35H,13-18H2,(H2,34,40)(H,36,37,41). The third kappa shape index (κ3) is 6.50. The number of hydrogen-bond donors (Lipinski definition) is 3. The maximum absolute atomic E-state index is 13.9. The number of hydrogen-bond acceptors (Lipinski definition) is 7. The van der Waals surface area contributed by atoms with Crippen LogP contribution in [0.1, 0.15) is 23.2 Å². The second-order valence-corrected chi connectivity index (χ2v) is 12.6. The van der Waals surface area contributed by atoms with Gasteiger partial charge in [0.2, 0.25) is 15.9 Å². The second kappa shape index (κ2) is 12.6. The first kappa shape index (κ1) is 30.2. The average molecular weight is 631 g/mol. The van der Waals surface area contributed by atoms with Gasteiger partial charge in [0.1, 0.15) is 23.8 Å². The molecule has 6 rings (SSSR count). The van der Waals surface area contributed by atoms with E-state index in [1.54, 1.807) is 42.6 Å². The van der Waals surface area contributed by atoms with Crippen LogP contribution in [0.4, 0.5) is 4.39 Å². The number of H-pyrrole nitrogens is 1. The van der Waals surface area contributed by atoms with Crippen LogP contribution in [0.15, 0.2) is 94.7 Å². The number of nitrogens with two attached hydrogens (primary N) is 1. The van der Waals surface area contributed by atoms with Gasteiger partial charge in [0.15, 0.2) is 0 Å². The fraction of sp³-hybridized carbons (Fsp3) is 0.219. The minimum Gasteiger partial charge on any atom is -0.492 e. The minimum absolute atomic E-state index is 0.117. The number of aromatic amines is 1. The number of primary amides is 1. The zero-order valence-corrected chi connectivity index (χ0v) is 25.0. The lowest BCUT2D eigenvalue weighted by Crippen LogP contribution is -2.47. The molecule has 13 heteroatoms. The maximum Gasteiger partial charge on any atom is 0.354 e. The molecule has 1 aliphatic rings. The summed E-state index contributed by atoms with van der Waals surface area (Å²) in [6, 6.07) is 20.1. The second-order valence-electron chi connectivity index (χ2n) is 10.7. The third-order valence-corrected chi connectivity index (χ3v) is 9.79. The van der Waals surface area contributed by atoms with E-state index in [1.807, 2.05) is 6.07 Å². The number of ether oxygens (including phenoxy) is 1. The highest BCUT2D eigenvalue weighted by Gasteiger charge is 2.32. The van der Waals surface area contributed by atoms with E-state index in [4.69, 9.17) is 10.5 Å². The highest BCUT2D eigenvalue weighted by molar-refractivity contribution is 7.89. The van der Waals surface area contributed by atoms with Crippen LogP contribution >= 0.6 is 0 Å². The van der Waals surface area contributed by atoms with Crippen molar-refractivity contribution in [2.75, 3.05) is 26.2 Å². The molecule has 1 fully saturated rings. The Balaban J connectivity index is 1.23. The molecule has 3 heterocycles. The number of carbonyl (C=O) groups is 1. The summed E-state index contributed by atoms with van der Waals surface area (Å²) in [7, 11) is -3.87. The van der Waals surface area contributed by atoms with Gasteiger partial charge in [-0.25, -0.2) is 17.6 Å². The number of fused-ring (bicyclic) bond motifs is 1. The predicted octanol–water partition coefficient (Wildman–Crippen LogP) is 3.44. The number of rotatable bonds is 10. The van der Waals surface area contributed by atoms with Crippen molar-refractivity contribution in [1.29, 1.82) is 0 Å². The van der Waals surface area contributed by atoms with Crippen LogP contribution in [-0.2, 0) is 10.0 Å². The van der Waals surface area contributed by atoms with Crippen LogP contribution in [0, 0.1) is 5.82 Å². The monoisotopic (exact) mass is 630 g/mol. The molecule has 0 radical (unpaired) electrons. The summed E-state index contributed by atoms with van der Waals surface area (Å²) in [5, 5.41) is 3.94. The summed E-state index contributed by atoms with van der Waals surface area (Å²) in [5.74, 6) is -0.473. The van der Waals surface area contributed by atoms with Gasteiger partial charge < -0.3 is 20.8 Å². The number of halogens is 1. The topological polar surface area (TPSA) is 152 Å². The summed E-state index contributed by atoms with van der Waals surface area (Å²) in [6.07, 6.45) is 2.99. The highest BCUT2D eigenvalue weighted by atomic mass is 32.2. The van der Waals surface area contributed by atoms with E-state index in [2.05, 4.69) is 15.3 Å². The van der Waals surface area contributed by atoms with E-state index >= 15 is 0 Å². The molecule has 2 aromatic heterocycles. The van der Waals surface area contributed by atoms with Crippen molar-refractivity contribution >= 4 is 27.0 Å². The SMILES string of the molecule is NC(=O)c1ccc(-n2cc3cc(-c4ccc(S(=O)(=O)N(CCOc5ccc(F)cc5)C5CCNCC5)cc4)[nH]c3nc2=O)cc1. The molecule has 0 aliphatic carbocycles. The summed E-state index contributed by atoms with van der Waals surface area (Å²) in [6.45, 7) is 1.69. The smallest absolute Gasteiger partial charge is 0.354 e. The number of carbonyl (C=O) groups excluding carboxylic acids is 1. The minimum atomic E-state index is -3.87. The molecule has 1 amide bonds. The molecule has 0 unspecified atom stereocenters. The Morgan fingerprint density at radius 3 is 2.38 bits per heavy atom. The molecule has 5 aromatic rings. The average Bonchev–Trinajstić information content (AvgIpc) is 3.47. The van der Waals surface area contributed by atoms with Gasteiger partial charge in [0.05, 0.1) is 10.6 Å². The lowest BCUT2D eigenvalue weighted by Gasteiger charge is -2.33. The van der Waals surface area contributed by atoms with Gasteiger partial charge >= 0.3 is 5.69 Å². The Labute approximate surface area is 258 Å². The van der Waals surface area contributed by atoms with Crippen LogP contribution in [-0.4, -0.2) is 65.4 Å². The van der Waals surface area contributed by atoms with Crippen molar-refractivity contribution in [3.63, 3.8) is 0 Å². The Hall–Kier alpha value is -4.85. The van der Waals surface area contributed by atoms with Crippen LogP contribution in [0.2, 0.25) is 0 Å². The molecular weight excluding hydrogens is 599 g/mol. The van der Waals surface area contributed by atoms with Gasteiger partial charge in [-0.15, -0.1) is 0 Å². The van der Waals surface area contributed by atoms with Crippen molar-refractivity contribution in [2.24, 2.45) is 5.73 Å². The maximum atomic E-state index is 13.9. The van der Waals surface area contributed by atoms with Crippen LogP contribution in [0.3, 0.4) is 0 Å². The summed E-state index contributed by atoms with van der Waals surface area (Å²) in [4.78, 5) is 31.6. The van der Waals surface area contributed by atoms with E-state index in [0.717, 1.165) is 0 Å². The number of aromatic nitrogens is 3. The van der Waals surface area contributed by atoms with Gasteiger partial charge in [0.25, 0.3) is 0 Å². The summed E-state index contributed by atoms with van der Waals surface area (Å²) < 4.78 is 49.7. The molecule has 0 bridgehead atoms. The van der Waals surface area contributed by atoms with E-state index in [-0.39, 0.29) is 29.9 Å². The lowest BCUT2D eigenvalue weighted by molar-refractivity contribution is 0.1000. The quantitative estimate of drug-likeness (QED) is 0.214. The van der Waals surface area contributed by atoms with Crippen LogP contribution in [0.25, 0.3) is 28.0 Å². The van der Waals surface area contributed by atoms with E-state index in [0.29, 0.717) is 65.2 Å². The Morgan fingerprint density at radius 1 is 1.02 bits per heavy atom. The molecule has 11 nitrogen and oxygen atoms in total. The first-order valence-corrected chi connectivity index (χ1v) is 15.9. The Kier molecular flexibility index (Phi) is 8.48. The highest BCUT2D eigenvalue weighted by Crippen LogP contribution is 2.27. The molecule has 1 saturated heterocycles. The van der Waals surface area contributed by atoms with Gasteiger partial charge in [-0.3, -0.25) is 9.36 Å². The zero-order chi connectivity index (χ0) is 31.6. The van der Waals surface area contributed by atoms with Crippen LogP contribution in [0.5, 0.6) is 5.75 Å². The van der Waals surface area contributed by atoms with E-state index < -0.39 is 21.6 Å². The van der Waals surface area contributed by atoms with Crippen molar-refractivity contribution < 1.29 is 22.3 Å². The van der Waals surface area contributed by atoms with Crippen molar-refractivity contribution in [1.82, 2.24) is 24.2 Å². The molecular formula is C32H31FN6O5S. The number of benzene rings is 3. The molecule has 45 heavy (non-hydrogen) atoms. The third-order valence-electron chi connectivity index (χ3n) is 7.82. The Morgan fingerprint density at radius 2 is 1.71 bits per heavy atom. The first-order chi connectivity index (χ1) is 21.7. The molecule has 4 N–H and O–H groups in total. The normalized spacial score (nSPS) is 14.2.